The van der Waals surface area contributed by atoms with Crippen molar-refractivity contribution in [2.75, 3.05) is 20.6 Å². The second-order valence-electron chi connectivity index (χ2n) is 6.71. The number of aromatic nitrogens is 4. The Hall–Kier alpha value is -2.48. The number of hydrogen-bond acceptors (Lipinski definition) is 5. The topological polar surface area (TPSA) is 68.3 Å². The average Bonchev–Trinajstić information content (AvgIpc) is 2.88. The van der Waals surface area contributed by atoms with E-state index >= 15 is 0 Å². The van der Waals surface area contributed by atoms with E-state index in [4.69, 9.17) is 28.2 Å². The van der Waals surface area contributed by atoms with Crippen molar-refractivity contribution >= 4 is 28.9 Å². The largest absolute Gasteiger partial charge is 0.350 e. The van der Waals surface area contributed by atoms with E-state index < -0.39 is 0 Å². The van der Waals surface area contributed by atoms with Crippen LogP contribution in [0.15, 0.2) is 46.2 Å². The van der Waals surface area contributed by atoms with Crippen LogP contribution in [0.5, 0.6) is 0 Å². The van der Waals surface area contributed by atoms with Crippen LogP contribution in [-0.4, -0.2) is 50.6 Å². The highest BCUT2D eigenvalue weighted by Crippen LogP contribution is 2.26. The third kappa shape index (κ3) is 3.37. The third-order valence-corrected chi connectivity index (χ3v) is 5.02. The van der Waals surface area contributed by atoms with Crippen LogP contribution in [0.4, 0.5) is 0 Å². The summed E-state index contributed by atoms with van der Waals surface area (Å²) in [6.07, 6.45) is 0. The summed E-state index contributed by atoms with van der Waals surface area (Å²) in [7, 11) is 3.90. The third-order valence-electron chi connectivity index (χ3n) is 4.48. The zero-order valence-electron chi connectivity index (χ0n) is 15.4. The Kier molecular flexibility index (Phi) is 5.05. The van der Waals surface area contributed by atoms with Gasteiger partial charge in [-0.05, 0) is 32.3 Å². The summed E-state index contributed by atoms with van der Waals surface area (Å²) in [6.45, 7) is 1.43. The molecule has 0 spiro atoms. The van der Waals surface area contributed by atoms with Gasteiger partial charge >= 0.3 is 5.69 Å². The summed E-state index contributed by atoms with van der Waals surface area (Å²) in [5, 5.41) is 5.36. The van der Waals surface area contributed by atoms with Gasteiger partial charge in [-0.1, -0.05) is 41.4 Å². The van der Waals surface area contributed by atoms with Gasteiger partial charge in [0.15, 0.2) is 5.82 Å². The highest BCUT2D eigenvalue weighted by atomic mass is 35.5. The molecule has 1 aromatic carbocycles. The minimum atomic E-state index is -0.224. The standard InChI is InChI=1S/C19H18Cl2N6O/c1-25(2)9-10-26-19(28)27-14-7-8-15(21)23-18(14)17(22-11-16(27)24-26)12-5-3-4-6-13(12)20/h3-8H,9-11H2,1-2H3. The van der Waals surface area contributed by atoms with E-state index in [-0.39, 0.29) is 12.2 Å². The van der Waals surface area contributed by atoms with Crippen molar-refractivity contribution < 1.29 is 0 Å². The molecular weight excluding hydrogens is 399 g/mol. The Balaban J connectivity index is 1.90. The highest BCUT2D eigenvalue weighted by molar-refractivity contribution is 6.35. The minimum absolute atomic E-state index is 0.224. The van der Waals surface area contributed by atoms with E-state index in [0.29, 0.717) is 46.2 Å². The summed E-state index contributed by atoms with van der Waals surface area (Å²) < 4.78 is 3.02. The number of nitrogens with zero attached hydrogens (tertiary/aromatic N) is 6. The number of rotatable bonds is 4. The van der Waals surface area contributed by atoms with Crippen molar-refractivity contribution in [1.82, 2.24) is 24.2 Å². The molecule has 3 heterocycles. The van der Waals surface area contributed by atoms with Crippen molar-refractivity contribution in [2.45, 2.75) is 13.1 Å². The van der Waals surface area contributed by atoms with Crippen LogP contribution < -0.4 is 5.69 Å². The fourth-order valence-corrected chi connectivity index (χ4v) is 3.48. The maximum atomic E-state index is 13.0. The van der Waals surface area contributed by atoms with Gasteiger partial charge < -0.3 is 4.90 Å². The van der Waals surface area contributed by atoms with Gasteiger partial charge in [0.1, 0.15) is 17.4 Å². The van der Waals surface area contributed by atoms with E-state index in [1.807, 2.05) is 37.2 Å². The number of hydrogen-bond donors (Lipinski definition) is 0. The van der Waals surface area contributed by atoms with Crippen molar-refractivity contribution in [3.8, 4) is 5.69 Å². The van der Waals surface area contributed by atoms with Crippen LogP contribution in [-0.2, 0) is 13.1 Å². The lowest BCUT2D eigenvalue weighted by atomic mass is 10.1. The first-order valence-electron chi connectivity index (χ1n) is 8.76. The van der Waals surface area contributed by atoms with Gasteiger partial charge in [-0.25, -0.2) is 19.0 Å². The Morgan fingerprint density at radius 3 is 2.68 bits per heavy atom. The molecule has 28 heavy (non-hydrogen) atoms. The molecule has 2 aromatic heterocycles. The summed E-state index contributed by atoms with van der Waals surface area (Å²) in [6, 6.07) is 10.8. The van der Waals surface area contributed by atoms with E-state index in [1.54, 1.807) is 22.8 Å². The fourth-order valence-electron chi connectivity index (χ4n) is 3.11. The van der Waals surface area contributed by atoms with Crippen molar-refractivity contribution in [2.24, 2.45) is 4.99 Å². The predicted octanol–water partition coefficient (Wildman–Crippen LogP) is 2.65. The van der Waals surface area contributed by atoms with Crippen molar-refractivity contribution in [3.63, 3.8) is 0 Å². The first-order chi connectivity index (χ1) is 13.5. The molecule has 0 saturated heterocycles. The number of pyridine rings is 1. The van der Waals surface area contributed by atoms with Crippen molar-refractivity contribution in [1.29, 1.82) is 0 Å². The Morgan fingerprint density at radius 1 is 1.14 bits per heavy atom. The molecule has 0 N–H and O–H groups in total. The van der Waals surface area contributed by atoms with Gasteiger partial charge in [-0.15, -0.1) is 0 Å². The van der Waals surface area contributed by atoms with Gasteiger partial charge in [0.05, 0.1) is 23.0 Å². The summed E-state index contributed by atoms with van der Waals surface area (Å²) in [4.78, 5) is 24.2. The molecule has 0 saturated carbocycles. The lowest BCUT2D eigenvalue weighted by Crippen LogP contribution is -2.29. The van der Waals surface area contributed by atoms with Crippen LogP contribution in [0.2, 0.25) is 10.2 Å². The van der Waals surface area contributed by atoms with Crippen LogP contribution in [0, 0.1) is 0 Å². The number of halogens is 2. The summed E-state index contributed by atoms with van der Waals surface area (Å²) >= 11 is 12.6. The second-order valence-corrected chi connectivity index (χ2v) is 7.50. The number of likely N-dealkylation sites (N-methyl/N-ethyl adjacent to an activating group) is 1. The molecule has 9 heteroatoms. The molecule has 0 atom stereocenters. The maximum absolute atomic E-state index is 13.0. The first kappa shape index (κ1) is 18.9. The smallest absolute Gasteiger partial charge is 0.308 e. The van der Waals surface area contributed by atoms with Gasteiger partial charge in [0.2, 0.25) is 0 Å². The van der Waals surface area contributed by atoms with Gasteiger partial charge in [-0.2, -0.15) is 5.10 Å². The molecule has 4 rings (SSSR count). The highest BCUT2D eigenvalue weighted by Gasteiger charge is 2.25. The molecular formula is C19H18Cl2N6O. The van der Waals surface area contributed by atoms with Crippen molar-refractivity contribution in [3.05, 3.63) is 74.1 Å². The quantitative estimate of drug-likeness (QED) is 0.613. The molecule has 0 radical (unpaired) electrons. The summed E-state index contributed by atoms with van der Waals surface area (Å²) in [5.74, 6) is 0.552. The van der Waals surface area contributed by atoms with Crippen LogP contribution in [0.1, 0.15) is 17.1 Å². The molecule has 0 aliphatic carbocycles. The van der Waals surface area contributed by atoms with E-state index in [1.165, 1.54) is 4.68 Å². The average molecular weight is 417 g/mol. The number of benzene rings is 1. The van der Waals surface area contributed by atoms with Crippen LogP contribution >= 0.6 is 23.2 Å². The maximum Gasteiger partial charge on any atom is 0.350 e. The lowest BCUT2D eigenvalue weighted by Gasteiger charge is -2.11. The van der Waals surface area contributed by atoms with E-state index in [0.717, 1.165) is 5.56 Å². The normalized spacial score (nSPS) is 13.1. The predicted molar refractivity (Wildman–Crippen MR) is 110 cm³/mol. The molecule has 0 unspecified atom stereocenters. The molecule has 3 aromatic rings. The zero-order chi connectivity index (χ0) is 19.8. The molecule has 1 aliphatic heterocycles. The number of aliphatic imine (C=N–C) groups is 1. The minimum Gasteiger partial charge on any atom is -0.308 e. The molecule has 0 bridgehead atoms. The molecule has 7 nitrogen and oxygen atoms in total. The van der Waals surface area contributed by atoms with E-state index in [2.05, 4.69) is 10.1 Å². The van der Waals surface area contributed by atoms with Gasteiger partial charge in [-0.3, -0.25) is 4.99 Å². The SMILES string of the molecule is CN(C)CCn1nc2n(c1=O)-c1ccc(Cl)nc1C(c1ccccc1Cl)=NC2. The summed E-state index contributed by atoms with van der Waals surface area (Å²) in [5.41, 5.74) is 2.20. The van der Waals surface area contributed by atoms with E-state index in [9.17, 15) is 4.79 Å². The zero-order valence-corrected chi connectivity index (χ0v) is 16.9. The van der Waals surface area contributed by atoms with Crippen LogP contribution in [0.3, 0.4) is 0 Å². The van der Waals surface area contributed by atoms with Crippen LogP contribution in [0.25, 0.3) is 5.69 Å². The number of fused-ring (bicyclic) bond motifs is 3. The molecule has 0 fully saturated rings. The Bertz CT molecular complexity index is 1130. The molecule has 144 valence electrons. The van der Waals surface area contributed by atoms with Gasteiger partial charge in [0.25, 0.3) is 0 Å². The second kappa shape index (κ2) is 7.50. The first-order valence-corrected chi connectivity index (χ1v) is 9.51. The Morgan fingerprint density at radius 2 is 1.93 bits per heavy atom. The monoisotopic (exact) mass is 416 g/mol. The fraction of sp³-hybridized carbons (Fsp3) is 0.263. The molecule has 0 amide bonds. The molecule has 1 aliphatic rings. The lowest BCUT2D eigenvalue weighted by molar-refractivity contribution is 0.368. The van der Waals surface area contributed by atoms with Gasteiger partial charge in [0, 0.05) is 12.1 Å². The Labute approximate surface area is 171 Å².